The van der Waals surface area contributed by atoms with E-state index in [1.807, 2.05) is 12.3 Å². The molecule has 0 radical (unpaired) electrons. The molecular weight excluding hydrogens is 335 g/mol. The zero-order valence-corrected chi connectivity index (χ0v) is 15.0. The minimum atomic E-state index is -0.232. The van der Waals surface area contributed by atoms with Crippen molar-refractivity contribution in [3.63, 3.8) is 0 Å². The van der Waals surface area contributed by atoms with Gasteiger partial charge in [0.1, 0.15) is 5.82 Å². The number of benzene rings is 1. The SMILES string of the molecule is CN=C(NCCCc1nc(C)no1)NCCc1c[nH]c2cc(F)ccc12. The van der Waals surface area contributed by atoms with Crippen molar-refractivity contribution in [2.75, 3.05) is 20.1 Å². The zero-order chi connectivity index (χ0) is 18.4. The lowest BCUT2D eigenvalue weighted by Crippen LogP contribution is -2.38. The van der Waals surface area contributed by atoms with E-state index in [2.05, 4.69) is 30.8 Å². The number of rotatable bonds is 7. The number of H-pyrrole nitrogens is 1. The van der Waals surface area contributed by atoms with Crippen LogP contribution in [0.2, 0.25) is 0 Å². The lowest BCUT2D eigenvalue weighted by Gasteiger charge is -2.11. The molecule has 0 saturated heterocycles. The number of aromatic nitrogens is 3. The Kier molecular flexibility index (Phi) is 5.83. The Morgan fingerprint density at radius 2 is 2.12 bits per heavy atom. The fraction of sp³-hybridized carbons (Fsp3) is 0.389. The molecule has 138 valence electrons. The second-order valence-corrected chi connectivity index (χ2v) is 6.02. The molecule has 0 aliphatic carbocycles. The van der Waals surface area contributed by atoms with Gasteiger partial charge < -0.3 is 20.1 Å². The fourth-order valence-corrected chi connectivity index (χ4v) is 2.79. The number of nitrogens with zero attached hydrogens (tertiary/aromatic N) is 3. The summed E-state index contributed by atoms with van der Waals surface area (Å²) in [5, 5.41) is 11.4. The number of halogens is 1. The third-order valence-corrected chi connectivity index (χ3v) is 4.07. The Morgan fingerprint density at radius 1 is 1.27 bits per heavy atom. The van der Waals surface area contributed by atoms with Crippen molar-refractivity contribution in [3.8, 4) is 0 Å². The van der Waals surface area contributed by atoms with Gasteiger partial charge in [0.25, 0.3) is 0 Å². The highest BCUT2D eigenvalue weighted by Gasteiger charge is 2.06. The van der Waals surface area contributed by atoms with Crippen LogP contribution in [0.5, 0.6) is 0 Å². The molecule has 0 aliphatic heterocycles. The summed E-state index contributed by atoms with van der Waals surface area (Å²) in [4.78, 5) is 11.5. The van der Waals surface area contributed by atoms with E-state index < -0.39 is 0 Å². The predicted molar refractivity (Wildman–Crippen MR) is 98.7 cm³/mol. The number of nitrogens with one attached hydrogen (secondary N) is 3. The Balaban J connectivity index is 1.41. The molecule has 0 spiro atoms. The van der Waals surface area contributed by atoms with Crippen molar-refractivity contribution < 1.29 is 8.91 Å². The normalized spacial score (nSPS) is 11.9. The summed E-state index contributed by atoms with van der Waals surface area (Å²) >= 11 is 0. The summed E-state index contributed by atoms with van der Waals surface area (Å²) in [6.45, 7) is 3.29. The van der Waals surface area contributed by atoms with Crippen LogP contribution >= 0.6 is 0 Å². The van der Waals surface area contributed by atoms with Gasteiger partial charge in [0.2, 0.25) is 5.89 Å². The maximum Gasteiger partial charge on any atom is 0.226 e. The zero-order valence-electron chi connectivity index (χ0n) is 15.0. The molecule has 0 unspecified atom stereocenters. The van der Waals surface area contributed by atoms with E-state index in [1.165, 1.54) is 12.1 Å². The van der Waals surface area contributed by atoms with Gasteiger partial charge in [-0.2, -0.15) is 4.98 Å². The molecule has 0 amide bonds. The number of aryl methyl sites for hydroxylation is 2. The molecule has 3 N–H and O–H groups in total. The van der Waals surface area contributed by atoms with Crippen molar-refractivity contribution in [2.24, 2.45) is 4.99 Å². The first-order chi connectivity index (χ1) is 12.7. The molecule has 26 heavy (non-hydrogen) atoms. The summed E-state index contributed by atoms with van der Waals surface area (Å²) in [6, 6.07) is 4.80. The van der Waals surface area contributed by atoms with Crippen LogP contribution in [0.3, 0.4) is 0 Å². The van der Waals surface area contributed by atoms with Gasteiger partial charge in [-0.15, -0.1) is 0 Å². The van der Waals surface area contributed by atoms with Crippen LogP contribution in [0.15, 0.2) is 33.9 Å². The lowest BCUT2D eigenvalue weighted by molar-refractivity contribution is 0.372. The van der Waals surface area contributed by atoms with E-state index in [4.69, 9.17) is 4.52 Å². The van der Waals surface area contributed by atoms with Crippen LogP contribution in [-0.2, 0) is 12.8 Å². The van der Waals surface area contributed by atoms with E-state index in [1.54, 1.807) is 14.0 Å². The van der Waals surface area contributed by atoms with Crippen molar-refractivity contribution in [2.45, 2.75) is 26.2 Å². The molecule has 0 fully saturated rings. The van der Waals surface area contributed by atoms with E-state index in [0.29, 0.717) is 11.7 Å². The Hall–Kier alpha value is -2.90. The van der Waals surface area contributed by atoms with Crippen LogP contribution < -0.4 is 10.6 Å². The molecular formula is C18H23FN6O. The van der Waals surface area contributed by atoms with Crippen molar-refractivity contribution in [1.82, 2.24) is 25.8 Å². The second-order valence-electron chi connectivity index (χ2n) is 6.02. The third kappa shape index (κ3) is 4.59. The standard InChI is InChI=1S/C18H23FN6O/c1-12-24-17(26-25-12)4-3-8-21-18(20-2)22-9-7-13-11-23-16-10-14(19)5-6-15(13)16/h5-6,10-11,23H,3-4,7-9H2,1-2H3,(H2,20,21,22). The highest BCUT2D eigenvalue weighted by molar-refractivity contribution is 5.83. The molecule has 2 aromatic heterocycles. The van der Waals surface area contributed by atoms with E-state index >= 15 is 0 Å². The molecule has 3 aromatic rings. The first-order valence-corrected chi connectivity index (χ1v) is 8.65. The quantitative estimate of drug-likeness (QED) is 0.343. The smallest absolute Gasteiger partial charge is 0.226 e. The Morgan fingerprint density at radius 3 is 2.88 bits per heavy atom. The van der Waals surface area contributed by atoms with Gasteiger partial charge >= 0.3 is 0 Å². The van der Waals surface area contributed by atoms with Gasteiger partial charge in [-0.3, -0.25) is 4.99 Å². The Labute approximate surface area is 151 Å². The molecule has 7 nitrogen and oxygen atoms in total. The maximum absolute atomic E-state index is 13.2. The number of fused-ring (bicyclic) bond motifs is 1. The van der Waals surface area contributed by atoms with Gasteiger partial charge in [-0.1, -0.05) is 5.16 Å². The van der Waals surface area contributed by atoms with E-state index in [0.717, 1.165) is 54.8 Å². The molecule has 2 heterocycles. The summed E-state index contributed by atoms with van der Waals surface area (Å²) in [5.41, 5.74) is 1.97. The number of hydrogen-bond donors (Lipinski definition) is 3. The van der Waals surface area contributed by atoms with Gasteiger partial charge in [-0.25, -0.2) is 4.39 Å². The second kappa shape index (κ2) is 8.46. The van der Waals surface area contributed by atoms with Gasteiger partial charge in [-0.05, 0) is 43.5 Å². The minimum Gasteiger partial charge on any atom is -0.361 e. The number of hydrogen-bond acceptors (Lipinski definition) is 4. The summed E-state index contributed by atoms with van der Waals surface area (Å²) in [6.07, 6.45) is 4.34. The molecule has 0 atom stereocenters. The van der Waals surface area contributed by atoms with Crippen molar-refractivity contribution >= 4 is 16.9 Å². The van der Waals surface area contributed by atoms with E-state index in [-0.39, 0.29) is 5.82 Å². The van der Waals surface area contributed by atoms with Crippen molar-refractivity contribution in [1.29, 1.82) is 0 Å². The first kappa shape index (κ1) is 17.9. The lowest BCUT2D eigenvalue weighted by atomic mass is 10.1. The van der Waals surface area contributed by atoms with Gasteiger partial charge in [0.15, 0.2) is 11.8 Å². The van der Waals surface area contributed by atoms with Gasteiger partial charge in [0.05, 0.1) is 0 Å². The highest BCUT2D eigenvalue weighted by Crippen LogP contribution is 2.19. The van der Waals surface area contributed by atoms with Crippen LogP contribution in [-0.4, -0.2) is 41.2 Å². The van der Waals surface area contributed by atoms with Gasteiger partial charge in [0, 0.05) is 43.7 Å². The minimum absolute atomic E-state index is 0.232. The molecule has 0 aliphatic rings. The average molecular weight is 358 g/mol. The first-order valence-electron chi connectivity index (χ1n) is 8.65. The van der Waals surface area contributed by atoms with E-state index in [9.17, 15) is 4.39 Å². The van der Waals surface area contributed by atoms with Crippen LogP contribution in [0.25, 0.3) is 10.9 Å². The summed E-state index contributed by atoms with van der Waals surface area (Å²) in [7, 11) is 1.74. The molecule has 0 saturated carbocycles. The molecule has 3 rings (SSSR count). The Bertz CT molecular complexity index is 885. The maximum atomic E-state index is 13.2. The number of aromatic amines is 1. The fourth-order valence-electron chi connectivity index (χ4n) is 2.79. The highest BCUT2D eigenvalue weighted by atomic mass is 19.1. The summed E-state index contributed by atoms with van der Waals surface area (Å²) in [5.74, 6) is 1.83. The van der Waals surface area contributed by atoms with Crippen LogP contribution in [0.1, 0.15) is 23.7 Å². The summed E-state index contributed by atoms with van der Waals surface area (Å²) < 4.78 is 18.3. The average Bonchev–Trinajstić information content (AvgIpc) is 3.22. The third-order valence-electron chi connectivity index (χ3n) is 4.07. The van der Waals surface area contributed by atoms with Crippen LogP contribution in [0, 0.1) is 12.7 Å². The topological polar surface area (TPSA) is 91.1 Å². The number of guanidine groups is 1. The number of aliphatic imine (C=N–C) groups is 1. The van der Waals surface area contributed by atoms with Crippen molar-refractivity contribution in [3.05, 3.63) is 47.5 Å². The monoisotopic (exact) mass is 358 g/mol. The molecule has 0 bridgehead atoms. The molecule has 8 heteroatoms. The molecule has 1 aromatic carbocycles. The van der Waals surface area contributed by atoms with Crippen LogP contribution in [0.4, 0.5) is 4.39 Å². The largest absolute Gasteiger partial charge is 0.361 e. The predicted octanol–water partition coefficient (Wildman–Crippen LogP) is 2.34.